The van der Waals surface area contributed by atoms with Gasteiger partial charge in [0.05, 0.1) is 12.8 Å². The fourth-order valence-corrected chi connectivity index (χ4v) is 3.54. The zero-order chi connectivity index (χ0) is 19.5. The van der Waals surface area contributed by atoms with Crippen molar-refractivity contribution in [2.75, 3.05) is 6.61 Å². The molecule has 2 aliphatic heterocycles. The van der Waals surface area contributed by atoms with Crippen LogP contribution in [0.15, 0.2) is 12.3 Å². The first-order valence-corrected chi connectivity index (χ1v) is 8.28. The van der Waals surface area contributed by atoms with E-state index in [2.05, 4.69) is 10.1 Å². The molecule has 4 atom stereocenters. The largest absolute Gasteiger partial charge is 0.394 e. The SMILES string of the molecule is CC1(C)O[C@@H]2[C@H](O1)[C@@H](CO)O[C@H]2n1ncc2c(C(F)F)cc(C(F)F)nc21. The molecule has 2 aromatic rings. The smallest absolute Gasteiger partial charge is 0.280 e. The van der Waals surface area contributed by atoms with Crippen molar-refractivity contribution in [1.82, 2.24) is 14.8 Å². The number of halogens is 4. The highest BCUT2D eigenvalue weighted by Gasteiger charge is 2.56. The van der Waals surface area contributed by atoms with Crippen molar-refractivity contribution in [2.45, 2.75) is 57.0 Å². The molecule has 4 heterocycles. The number of hydrogen-bond donors (Lipinski definition) is 1. The summed E-state index contributed by atoms with van der Waals surface area (Å²) in [6.07, 6.45) is -7.92. The lowest BCUT2D eigenvalue weighted by atomic mass is 10.1. The Balaban J connectivity index is 1.82. The van der Waals surface area contributed by atoms with E-state index in [0.717, 1.165) is 10.9 Å². The molecule has 0 saturated carbocycles. The molecule has 7 nitrogen and oxygen atoms in total. The van der Waals surface area contributed by atoms with Gasteiger partial charge in [-0.2, -0.15) is 5.10 Å². The second-order valence-electron chi connectivity index (χ2n) is 6.88. The van der Waals surface area contributed by atoms with E-state index in [1.54, 1.807) is 13.8 Å². The van der Waals surface area contributed by atoms with E-state index in [-0.39, 0.29) is 17.6 Å². The van der Waals surface area contributed by atoms with Gasteiger partial charge in [-0.15, -0.1) is 0 Å². The van der Waals surface area contributed by atoms with Crippen molar-refractivity contribution in [2.24, 2.45) is 0 Å². The molecule has 2 aliphatic rings. The molecule has 0 unspecified atom stereocenters. The molecular formula is C16H17F4N3O4. The van der Waals surface area contributed by atoms with Gasteiger partial charge in [-0.05, 0) is 19.9 Å². The van der Waals surface area contributed by atoms with E-state index < -0.39 is 54.4 Å². The second kappa shape index (κ2) is 6.36. The Labute approximate surface area is 150 Å². The topological polar surface area (TPSA) is 78.6 Å². The Morgan fingerprint density at radius 3 is 2.52 bits per heavy atom. The molecule has 27 heavy (non-hydrogen) atoms. The van der Waals surface area contributed by atoms with E-state index >= 15 is 0 Å². The molecule has 0 radical (unpaired) electrons. The minimum absolute atomic E-state index is 0.0554. The highest BCUT2D eigenvalue weighted by molar-refractivity contribution is 5.79. The Hall–Kier alpha value is -1.82. The third kappa shape index (κ3) is 2.98. The van der Waals surface area contributed by atoms with Gasteiger partial charge >= 0.3 is 0 Å². The maximum absolute atomic E-state index is 13.3. The summed E-state index contributed by atoms with van der Waals surface area (Å²) in [6.45, 7) is 2.99. The highest BCUT2D eigenvalue weighted by Crippen LogP contribution is 2.44. The minimum atomic E-state index is -3.03. The Bertz CT molecular complexity index is 860. The summed E-state index contributed by atoms with van der Waals surface area (Å²) in [6, 6.07) is 0.677. The first kappa shape index (κ1) is 18.5. The highest BCUT2D eigenvalue weighted by atomic mass is 19.3. The molecule has 4 rings (SSSR count). The summed E-state index contributed by atoms with van der Waals surface area (Å²) in [5.41, 5.74) is -1.53. The fourth-order valence-electron chi connectivity index (χ4n) is 3.54. The van der Waals surface area contributed by atoms with E-state index in [9.17, 15) is 22.7 Å². The number of ether oxygens (including phenoxy) is 3. The number of nitrogens with zero attached hydrogens (tertiary/aromatic N) is 3. The Morgan fingerprint density at radius 2 is 1.89 bits per heavy atom. The third-order valence-electron chi connectivity index (χ3n) is 4.62. The summed E-state index contributed by atoms with van der Waals surface area (Å²) in [7, 11) is 0. The van der Waals surface area contributed by atoms with Gasteiger partial charge in [-0.3, -0.25) is 0 Å². The first-order chi connectivity index (χ1) is 12.7. The first-order valence-electron chi connectivity index (χ1n) is 8.28. The number of rotatable bonds is 4. The van der Waals surface area contributed by atoms with Crippen molar-refractivity contribution in [3.8, 4) is 0 Å². The average molecular weight is 391 g/mol. The van der Waals surface area contributed by atoms with E-state index in [1.807, 2.05) is 0 Å². The van der Waals surface area contributed by atoms with Crippen molar-refractivity contribution in [3.05, 3.63) is 23.5 Å². The predicted octanol–water partition coefficient (Wildman–Crippen LogP) is 2.72. The zero-order valence-corrected chi connectivity index (χ0v) is 14.4. The monoisotopic (exact) mass is 391 g/mol. The van der Waals surface area contributed by atoms with Crippen molar-refractivity contribution >= 4 is 11.0 Å². The van der Waals surface area contributed by atoms with Crippen LogP contribution in [0.1, 0.15) is 44.2 Å². The second-order valence-corrected chi connectivity index (χ2v) is 6.88. The number of fused-ring (bicyclic) bond motifs is 2. The Morgan fingerprint density at radius 1 is 1.19 bits per heavy atom. The summed E-state index contributed by atoms with van der Waals surface area (Å²) in [5.74, 6) is -0.955. The molecule has 0 aromatic carbocycles. The van der Waals surface area contributed by atoms with Gasteiger partial charge in [0.15, 0.2) is 17.7 Å². The average Bonchev–Trinajstić information content (AvgIpc) is 3.23. The van der Waals surface area contributed by atoms with E-state index in [1.165, 1.54) is 0 Å². The van der Waals surface area contributed by atoms with Crippen LogP contribution in [0.2, 0.25) is 0 Å². The van der Waals surface area contributed by atoms with Crippen molar-refractivity contribution in [1.29, 1.82) is 0 Å². The van der Waals surface area contributed by atoms with Crippen LogP contribution in [-0.4, -0.2) is 50.6 Å². The van der Waals surface area contributed by atoms with Crippen LogP contribution in [0.5, 0.6) is 0 Å². The van der Waals surface area contributed by atoms with Gasteiger partial charge in [0, 0.05) is 10.9 Å². The minimum Gasteiger partial charge on any atom is -0.394 e. The number of aliphatic hydroxyl groups is 1. The predicted molar refractivity (Wildman–Crippen MR) is 82.3 cm³/mol. The summed E-state index contributed by atoms with van der Waals surface area (Å²) in [5, 5.41) is 13.5. The molecule has 0 bridgehead atoms. The van der Waals surface area contributed by atoms with Crippen LogP contribution >= 0.6 is 0 Å². The lowest BCUT2D eigenvalue weighted by molar-refractivity contribution is -0.201. The summed E-state index contributed by atoms with van der Waals surface area (Å²) < 4.78 is 71.3. The molecule has 148 valence electrons. The molecule has 0 spiro atoms. The fraction of sp³-hybridized carbons (Fsp3) is 0.625. The van der Waals surface area contributed by atoms with Crippen LogP contribution in [0.25, 0.3) is 11.0 Å². The molecule has 1 N–H and O–H groups in total. The zero-order valence-electron chi connectivity index (χ0n) is 14.4. The van der Waals surface area contributed by atoms with Crippen molar-refractivity contribution in [3.63, 3.8) is 0 Å². The van der Waals surface area contributed by atoms with E-state index in [4.69, 9.17) is 14.2 Å². The quantitative estimate of drug-likeness (QED) is 0.808. The normalized spacial score (nSPS) is 30.0. The maximum atomic E-state index is 13.3. The molecule has 2 aromatic heterocycles. The number of pyridine rings is 1. The summed E-state index contributed by atoms with van der Waals surface area (Å²) in [4.78, 5) is 3.80. The van der Waals surface area contributed by atoms with Gasteiger partial charge in [0.25, 0.3) is 12.9 Å². The molecule has 11 heteroatoms. The number of aliphatic hydroxyl groups excluding tert-OH is 1. The molecule has 0 amide bonds. The number of alkyl halides is 4. The molecule has 0 aliphatic carbocycles. The van der Waals surface area contributed by atoms with Crippen LogP contribution in [0.3, 0.4) is 0 Å². The Kier molecular flexibility index (Phi) is 4.37. The lowest BCUT2D eigenvalue weighted by Crippen LogP contribution is -2.31. The number of hydrogen-bond acceptors (Lipinski definition) is 6. The van der Waals surface area contributed by atoms with Gasteiger partial charge in [0.1, 0.15) is 24.0 Å². The molecule has 2 fully saturated rings. The standard InChI is InChI=1S/C16H17F4N3O4/c1-16(2)26-10-9(5-24)25-15(11(10)27-16)23-14-7(4-21-23)6(12(17)18)3-8(22-14)13(19)20/h3-4,9-13,15,24H,5H2,1-2H3/t9-,10-,11-,15-/m1/s1. The van der Waals surface area contributed by atoms with Gasteiger partial charge in [-0.25, -0.2) is 27.2 Å². The number of aromatic nitrogens is 3. The van der Waals surface area contributed by atoms with Gasteiger partial charge in [0.2, 0.25) is 0 Å². The summed E-state index contributed by atoms with van der Waals surface area (Å²) >= 11 is 0. The van der Waals surface area contributed by atoms with Crippen LogP contribution in [0, 0.1) is 0 Å². The van der Waals surface area contributed by atoms with E-state index in [0.29, 0.717) is 6.07 Å². The molecular weight excluding hydrogens is 374 g/mol. The van der Waals surface area contributed by atoms with Gasteiger partial charge in [-0.1, -0.05) is 0 Å². The third-order valence-corrected chi connectivity index (χ3v) is 4.62. The maximum Gasteiger partial charge on any atom is 0.280 e. The van der Waals surface area contributed by atoms with Crippen molar-refractivity contribution < 1.29 is 36.9 Å². The molecule has 2 saturated heterocycles. The van der Waals surface area contributed by atoms with Crippen LogP contribution < -0.4 is 0 Å². The lowest BCUT2D eigenvalue weighted by Gasteiger charge is -2.23. The van der Waals surface area contributed by atoms with Gasteiger partial charge < -0.3 is 19.3 Å². The van der Waals surface area contributed by atoms with Crippen LogP contribution in [0.4, 0.5) is 17.6 Å². The van der Waals surface area contributed by atoms with Crippen LogP contribution in [-0.2, 0) is 14.2 Å².